The van der Waals surface area contributed by atoms with E-state index in [1.807, 2.05) is 46.7 Å². The van der Waals surface area contributed by atoms with Crippen molar-refractivity contribution in [3.8, 4) is 0 Å². The minimum atomic E-state index is 0.176. The second-order valence-corrected chi connectivity index (χ2v) is 6.88. The molecule has 4 rings (SSSR count). The highest BCUT2D eigenvalue weighted by Gasteiger charge is 2.22. The second-order valence-electron chi connectivity index (χ2n) is 6.88. The number of nitrogens with zero attached hydrogens (tertiary/aromatic N) is 4. The maximum Gasteiger partial charge on any atom is 0.242 e. The lowest BCUT2D eigenvalue weighted by atomic mass is 10.2. The van der Waals surface area contributed by atoms with E-state index in [4.69, 9.17) is 0 Å². The Kier molecular flexibility index (Phi) is 4.71. The summed E-state index contributed by atoms with van der Waals surface area (Å²) in [5, 5.41) is 0. The first-order valence-corrected chi connectivity index (χ1v) is 9.16. The number of para-hydroxylation sites is 2. The zero-order chi connectivity index (χ0) is 17.9. The molecule has 0 spiro atoms. The van der Waals surface area contributed by atoms with E-state index in [9.17, 15) is 4.79 Å². The molecule has 1 amide bonds. The molecule has 1 aromatic heterocycles. The number of fused-ring (bicyclic) bond motifs is 1. The predicted molar refractivity (Wildman–Crippen MR) is 103 cm³/mol. The van der Waals surface area contributed by atoms with Gasteiger partial charge in [0.25, 0.3) is 0 Å². The molecule has 1 fully saturated rings. The number of hydrogen-bond donors (Lipinski definition) is 0. The quantitative estimate of drug-likeness (QED) is 0.728. The van der Waals surface area contributed by atoms with Gasteiger partial charge < -0.3 is 9.47 Å². The molecule has 0 saturated carbocycles. The molecule has 5 heteroatoms. The molecule has 0 radical (unpaired) electrons. The highest BCUT2D eigenvalue weighted by molar-refractivity contribution is 5.81. The van der Waals surface area contributed by atoms with Crippen molar-refractivity contribution in [2.75, 3.05) is 26.2 Å². The third-order valence-electron chi connectivity index (χ3n) is 5.11. The van der Waals surface area contributed by atoms with Gasteiger partial charge in [-0.3, -0.25) is 9.69 Å². The fourth-order valence-electron chi connectivity index (χ4n) is 3.63. The first-order valence-electron chi connectivity index (χ1n) is 9.16. The van der Waals surface area contributed by atoms with E-state index < -0.39 is 0 Å². The summed E-state index contributed by atoms with van der Waals surface area (Å²) in [7, 11) is 0. The van der Waals surface area contributed by atoms with Crippen LogP contribution in [-0.4, -0.2) is 51.4 Å². The van der Waals surface area contributed by atoms with Crippen LogP contribution in [0.3, 0.4) is 0 Å². The van der Waals surface area contributed by atoms with Gasteiger partial charge in [-0.15, -0.1) is 0 Å². The van der Waals surface area contributed by atoms with Crippen LogP contribution < -0.4 is 0 Å². The van der Waals surface area contributed by atoms with Gasteiger partial charge in [-0.1, -0.05) is 42.5 Å². The summed E-state index contributed by atoms with van der Waals surface area (Å²) in [6.45, 7) is 6.70. The topological polar surface area (TPSA) is 41.4 Å². The van der Waals surface area contributed by atoms with Crippen LogP contribution in [-0.2, 0) is 17.9 Å². The van der Waals surface area contributed by atoms with Crippen molar-refractivity contribution in [1.29, 1.82) is 0 Å². The number of aryl methyl sites for hydroxylation is 1. The van der Waals surface area contributed by atoms with Crippen molar-refractivity contribution in [3.63, 3.8) is 0 Å². The fraction of sp³-hybridized carbons (Fsp3) is 0.333. The molecule has 0 unspecified atom stereocenters. The summed E-state index contributed by atoms with van der Waals surface area (Å²) in [4.78, 5) is 21.7. The molecule has 1 saturated heterocycles. The van der Waals surface area contributed by atoms with E-state index in [2.05, 4.69) is 34.1 Å². The average Bonchev–Trinajstić information content (AvgIpc) is 2.98. The number of carbonyl (C=O) groups is 1. The Balaban J connectivity index is 1.37. The Morgan fingerprint density at radius 3 is 2.42 bits per heavy atom. The molecule has 0 bridgehead atoms. The van der Waals surface area contributed by atoms with Crippen LogP contribution in [0.4, 0.5) is 0 Å². The van der Waals surface area contributed by atoms with Crippen molar-refractivity contribution in [3.05, 3.63) is 66.0 Å². The Morgan fingerprint density at radius 2 is 1.65 bits per heavy atom. The number of piperazine rings is 1. The van der Waals surface area contributed by atoms with Gasteiger partial charge in [-0.05, 0) is 24.6 Å². The van der Waals surface area contributed by atoms with E-state index in [0.717, 1.165) is 49.6 Å². The van der Waals surface area contributed by atoms with Crippen LogP contribution in [0.5, 0.6) is 0 Å². The Labute approximate surface area is 153 Å². The van der Waals surface area contributed by atoms with E-state index in [1.165, 1.54) is 5.56 Å². The maximum absolute atomic E-state index is 12.8. The molecule has 0 atom stereocenters. The van der Waals surface area contributed by atoms with Crippen LogP contribution >= 0.6 is 0 Å². The number of imidazole rings is 1. The van der Waals surface area contributed by atoms with Gasteiger partial charge in [0, 0.05) is 32.7 Å². The molecule has 2 aromatic carbocycles. The van der Waals surface area contributed by atoms with Crippen LogP contribution in [0, 0.1) is 6.92 Å². The summed E-state index contributed by atoms with van der Waals surface area (Å²) < 4.78 is 2.02. The highest BCUT2D eigenvalue weighted by Crippen LogP contribution is 2.16. The number of benzene rings is 2. The first kappa shape index (κ1) is 16.8. The summed E-state index contributed by atoms with van der Waals surface area (Å²) in [6, 6.07) is 18.5. The molecule has 134 valence electrons. The van der Waals surface area contributed by atoms with Crippen LogP contribution in [0.1, 0.15) is 11.4 Å². The third-order valence-corrected chi connectivity index (χ3v) is 5.11. The lowest BCUT2D eigenvalue weighted by molar-refractivity contribution is -0.133. The van der Waals surface area contributed by atoms with Gasteiger partial charge >= 0.3 is 0 Å². The zero-order valence-electron chi connectivity index (χ0n) is 15.1. The molecule has 0 N–H and O–H groups in total. The minimum absolute atomic E-state index is 0.176. The molecule has 2 heterocycles. The van der Waals surface area contributed by atoms with Gasteiger partial charge in [0.05, 0.1) is 11.0 Å². The SMILES string of the molecule is Cc1nc2ccccc2n1CC(=O)N1CCN(Cc2ccccc2)CC1. The van der Waals surface area contributed by atoms with E-state index >= 15 is 0 Å². The lowest BCUT2D eigenvalue weighted by Crippen LogP contribution is -2.49. The summed E-state index contributed by atoms with van der Waals surface area (Å²) in [5.74, 6) is 1.07. The zero-order valence-corrected chi connectivity index (χ0v) is 15.1. The summed E-state index contributed by atoms with van der Waals surface area (Å²) >= 11 is 0. The van der Waals surface area contributed by atoms with Crippen LogP contribution in [0.2, 0.25) is 0 Å². The molecule has 5 nitrogen and oxygen atoms in total. The average molecular weight is 348 g/mol. The van der Waals surface area contributed by atoms with Gasteiger partial charge in [-0.2, -0.15) is 0 Å². The van der Waals surface area contributed by atoms with Gasteiger partial charge in [0.2, 0.25) is 5.91 Å². The largest absolute Gasteiger partial charge is 0.339 e. The van der Waals surface area contributed by atoms with E-state index in [1.54, 1.807) is 0 Å². The van der Waals surface area contributed by atoms with Crippen molar-refractivity contribution >= 4 is 16.9 Å². The predicted octanol–water partition coefficient (Wildman–Crippen LogP) is 2.69. The standard InChI is InChI=1S/C21H24N4O/c1-17-22-19-9-5-6-10-20(19)25(17)16-21(26)24-13-11-23(12-14-24)15-18-7-3-2-4-8-18/h2-10H,11-16H2,1H3. The van der Waals surface area contributed by atoms with Gasteiger partial charge in [0.15, 0.2) is 0 Å². The number of rotatable bonds is 4. The number of hydrogen-bond acceptors (Lipinski definition) is 3. The lowest BCUT2D eigenvalue weighted by Gasteiger charge is -2.35. The van der Waals surface area contributed by atoms with E-state index in [-0.39, 0.29) is 5.91 Å². The molecule has 1 aliphatic rings. The second kappa shape index (κ2) is 7.30. The van der Waals surface area contributed by atoms with Crippen LogP contribution in [0.15, 0.2) is 54.6 Å². The minimum Gasteiger partial charge on any atom is -0.339 e. The van der Waals surface area contributed by atoms with Gasteiger partial charge in [0.1, 0.15) is 12.4 Å². The highest BCUT2D eigenvalue weighted by atomic mass is 16.2. The molecular weight excluding hydrogens is 324 g/mol. The first-order chi connectivity index (χ1) is 12.7. The molecule has 3 aromatic rings. The van der Waals surface area contributed by atoms with Crippen molar-refractivity contribution in [2.24, 2.45) is 0 Å². The van der Waals surface area contributed by atoms with Gasteiger partial charge in [-0.25, -0.2) is 4.98 Å². The van der Waals surface area contributed by atoms with Crippen molar-refractivity contribution < 1.29 is 4.79 Å². The Hall–Kier alpha value is -2.66. The number of carbonyl (C=O) groups excluding carboxylic acids is 1. The smallest absolute Gasteiger partial charge is 0.242 e. The third kappa shape index (κ3) is 3.48. The Morgan fingerprint density at radius 1 is 0.962 bits per heavy atom. The molecule has 0 aliphatic carbocycles. The number of amides is 1. The normalized spacial score (nSPS) is 15.5. The molecule has 1 aliphatic heterocycles. The number of aromatic nitrogens is 2. The van der Waals surface area contributed by atoms with Crippen LogP contribution in [0.25, 0.3) is 11.0 Å². The van der Waals surface area contributed by atoms with Crippen molar-refractivity contribution in [1.82, 2.24) is 19.4 Å². The molecule has 26 heavy (non-hydrogen) atoms. The summed E-state index contributed by atoms with van der Waals surface area (Å²) in [5.41, 5.74) is 3.30. The summed E-state index contributed by atoms with van der Waals surface area (Å²) in [6.07, 6.45) is 0. The Bertz CT molecular complexity index is 895. The fourth-order valence-corrected chi connectivity index (χ4v) is 3.63. The molecular formula is C21H24N4O. The maximum atomic E-state index is 12.8. The monoisotopic (exact) mass is 348 g/mol. The van der Waals surface area contributed by atoms with Crippen molar-refractivity contribution in [2.45, 2.75) is 20.0 Å². The van der Waals surface area contributed by atoms with E-state index in [0.29, 0.717) is 6.54 Å².